The zero-order valence-electron chi connectivity index (χ0n) is 16.1. The van der Waals surface area contributed by atoms with Gasteiger partial charge in [0.25, 0.3) is 15.9 Å². The Morgan fingerprint density at radius 3 is 2.18 bits per heavy atom. The minimum atomic E-state index is -3.88. The van der Waals surface area contributed by atoms with Gasteiger partial charge in [-0.15, -0.1) is 4.83 Å². The molecule has 2 aromatic rings. The van der Waals surface area contributed by atoms with E-state index < -0.39 is 15.9 Å². The molecule has 152 valence electrons. The molecule has 0 radical (unpaired) electrons. The first kappa shape index (κ1) is 21.7. The Kier molecular flexibility index (Phi) is 8.28. The zero-order valence-corrected chi connectivity index (χ0v) is 16.9. The number of rotatable bonds is 11. The number of methoxy groups -OCH3 is 1. The SMILES string of the molecule is CCCCCCOc1ccc(C(=O)NNS(=O)(=O)c2ccc(OC)cc2)cc1. The molecule has 0 spiro atoms. The van der Waals surface area contributed by atoms with E-state index in [1.807, 2.05) is 0 Å². The van der Waals surface area contributed by atoms with Gasteiger partial charge in [-0.2, -0.15) is 0 Å². The summed E-state index contributed by atoms with van der Waals surface area (Å²) >= 11 is 0. The molecule has 0 atom stereocenters. The average molecular weight is 407 g/mol. The highest BCUT2D eigenvalue weighted by Gasteiger charge is 2.16. The molecule has 2 aromatic carbocycles. The largest absolute Gasteiger partial charge is 0.497 e. The van der Waals surface area contributed by atoms with Crippen molar-refractivity contribution in [3.63, 3.8) is 0 Å². The Bertz CT molecular complexity index is 849. The third-order valence-electron chi connectivity index (χ3n) is 4.05. The van der Waals surface area contributed by atoms with Crippen molar-refractivity contribution in [3.8, 4) is 11.5 Å². The molecule has 0 aliphatic carbocycles. The van der Waals surface area contributed by atoms with Crippen molar-refractivity contribution >= 4 is 15.9 Å². The van der Waals surface area contributed by atoms with Crippen LogP contribution in [0.1, 0.15) is 43.0 Å². The number of hydrogen-bond acceptors (Lipinski definition) is 5. The molecule has 0 aromatic heterocycles. The highest BCUT2D eigenvalue weighted by Crippen LogP contribution is 2.15. The number of amides is 1. The van der Waals surface area contributed by atoms with Crippen LogP contribution in [0.5, 0.6) is 11.5 Å². The van der Waals surface area contributed by atoms with Gasteiger partial charge >= 0.3 is 0 Å². The summed E-state index contributed by atoms with van der Waals surface area (Å²) in [7, 11) is -2.39. The van der Waals surface area contributed by atoms with E-state index in [4.69, 9.17) is 9.47 Å². The van der Waals surface area contributed by atoms with Crippen molar-refractivity contribution in [1.29, 1.82) is 0 Å². The van der Waals surface area contributed by atoms with Gasteiger partial charge in [0.05, 0.1) is 18.6 Å². The predicted molar refractivity (Wildman–Crippen MR) is 107 cm³/mol. The molecule has 8 heteroatoms. The normalized spacial score (nSPS) is 11.1. The Labute approximate surface area is 166 Å². The van der Waals surface area contributed by atoms with Crippen LogP contribution in [-0.4, -0.2) is 28.0 Å². The van der Waals surface area contributed by atoms with Crippen molar-refractivity contribution < 1.29 is 22.7 Å². The minimum absolute atomic E-state index is 0.0143. The van der Waals surface area contributed by atoms with Crippen molar-refractivity contribution in [3.05, 3.63) is 54.1 Å². The van der Waals surface area contributed by atoms with Crippen LogP contribution in [0.25, 0.3) is 0 Å². The summed E-state index contributed by atoms with van der Waals surface area (Å²) < 4.78 is 35.1. The van der Waals surface area contributed by atoms with Gasteiger partial charge in [-0.25, -0.2) is 8.42 Å². The number of carbonyl (C=O) groups is 1. The maximum absolute atomic E-state index is 12.2. The lowest BCUT2D eigenvalue weighted by Gasteiger charge is -2.10. The Hall–Kier alpha value is -2.58. The summed E-state index contributed by atoms with van der Waals surface area (Å²) in [4.78, 5) is 14.3. The number of sulfonamides is 1. The van der Waals surface area contributed by atoms with Gasteiger partial charge in [0.2, 0.25) is 0 Å². The molecule has 0 aliphatic rings. The molecule has 1 amide bonds. The second-order valence-corrected chi connectivity index (χ2v) is 7.85. The molecule has 0 bridgehead atoms. The number of benzene rings is 2. The topological polar surface area (TPSA) is 93.7 Å². The molecule has 0 unspecified atom stereocenters. The van der Waals surface area contributed by atoms with Crippen molar-refractivity contribution in [1.82, 2.24) is 10.3 Å². The summed E-state index contributed by atoms with van der Waals surface area (Å²) in [5.41, 5.74) is 2.52. The van der Waals surface area contributed by atoms with E-state index in [-0.39, 0.29) is 4.90 Å². The second-order valence-electron chi connectivity index (χ2n) is 6.17. The van der Waals surface area contributed by atoms with Crippen LogP contribution in [0.15, 0.2) is 53.4 Å². The zero-order chi connectivity index (χ0) is 20.4. The molecule has 2 rings (SSSR count). The Morgan fingerprint density at radius 1 is 0.929 bits per heavy atom. The highest BCUT2D eigenvalue weighted by atomic mass is 32.2. The lowest BCUT2D eigenvalue weighted by atomic mass is 10.2. The molecule has 0 fully saturated rings. The minimum Gasteiger partial charge on any atom is -0.497 e. The van der Waals surface area contributed by atoms with Crippen LogP contribution in [0.3, 0.4) is 0 Å². The monoisotopic (exact) mass is 406 g/mol. The van der Waals surface area contributed by atoms with Gasteiger partial charge in [0, 0.05) is 5.56 Å². The first-order valence-corrected chi connectivity index (χ1v) is 10.6. The molecular weight excluding hydrogens is 380 g/mol. The summed E-state index contributed by atoms with van der Waals surface area (Å²) in [6, 6.07) is 12.4. The quantitative estimate of drug-likeness (QED) is 0.441. The lowest BCUT2D eigenvalue weighted by Crippen LogP contribution is -2.41. The fraction of sp³-hybridized carbons (Fsp3) is 0.350. The number of ether oxygens (including phenoxy) is 2. The predicted octanol–water partition coefficient (Wildman–Crippen LogP) is 3.28. The van der Waals surface area contributed by atoms with Gasteiger partial charge in [-0.1, -0.05) is 26.2 Å². The van der Waals surface area contributed by atoms with Crippen LogP contribution in [-0.2, 0) is 10.0 Å². The van der Waals surface area contributed by atoms with E-state index in [9.17, 15) is 13.2 Å². The van der Waals surface area contributed by atoms with Crippen molar-refractivity contribution in [2.24, 2.45) is 0 Å². The standard InChI is InChI=1S/C20H26N2O5S/c1-3-4-5-6-15-27-18-9-7-16(8-10-18)20(23)21-22-28(24,25)19-13-11-17(26-2)12-14-19/h7-14,22H,3-6,15H2,1-2H3,(H,21,23). The van der Waals surface area contributed by atoms with Gasteiger partial charge < -0.3 is 9.47 Å². The maximum atomic E-state index is 12.2. The molecule has 28 heavy (non-hydrogen) atoms. The fourth-order valence-corrected chi connectivity index (χ4v) is 3.26. The molecule has 0 saturated carbocycles. The van der Waals surface area contributed by atoms with E-state index in [1.165, 1.54) is 44.2 Å². The number of hydrazine groups is 1. The summed E-state index contributed by atoms with van der Waals surface area (Å²) in [6.07, 6.45) is 4.48. The fourth-order valence-electron chi connectivity index (χ4n) is 2.42. The van der Waals surface area contributed by atoms with Crippen LogP contribution < -0.4 is 19.7 Å². The smallest absolute Gasteiger partial charge is 0.266 e. The van der Waals surface area contributed by atoms with Crippen LogP contribution in [0, 0.1) is 0 Å². The number of nitrogens with one attached hydrogen (secondary N) is 2. The van der Waals surface area contributed by atoms with E-state index >= 15 is 0 Å². The van der Waals surface area contributed by atoms with Gasteiger partial charge in [-0.05, 0) is 55.0 Å². The summed E-state index contributed by atoms with van der Waals surface area (Å²) in [5, 5.41) is 0. The number of unbranched alkanes of at least 4 members (excludes halogenated alkanes) is 3. The average Bonchev–Trinajstić information content (AvgIpc) is 2.72. The summed E-state index contributed by atoms with van der Waals surface area (Å²) in [5.74, 6) is 0.647. The van der Waals surface area contributed by atoms with E-state index in [1.54, 1.807) is 24.3 Å². The molecule has 0 heterocycles. The molecule has 7 nitrogen and oxygen atoms in total. The van der Waals surface area contributed by atoms with Crippen LogP contribution in [0.2, 0.25) is 0 Å². The van der Waals surface area contributed by atoms with Gasteiger partial charge in [0.1, 0.15) is 11.5 Å². The Balaban J connectivity index is 1.86. The van der Waals surface area contributed by atoms with E-state index in [0.717, 1.165) is 12.8 Å². The Morgan fingerprint density at radius 2 is 1.57 bits per heavy atom. The van der Waals surface area contributed by atoms with Crippen molar-refractivity contribution in [2.45, 2.75) is 37.5 Å². The molecular formula is C20H26N2O5S. The van der Waals surface area contributed by atoms with Crippen LogP contribution >= 0.6 is 0 Å². The highest BCUT2D eigenvalue weighted by molar-refractivity contribution is 7.89. The number of hydrogen-bond donors (Lipinski definition) is 2. The van der Waals surface area contributed by atoms with Gasteiger partial charge in [0.15, 0.2) is 0 Å². The van der Waals surface area contributed by atoms with Gasteiger partial charge in [-0.3, -0.25) is 10.2 Å². The molecule has 0 saturated heterocycles. The number of carbonyl (C=O) groups excluding carboxylic acids is 1. The van der Waals surface area contributed by atoms with E-state index in [0.29, 0.717) is 23.7 Å². The molecule has 2 N–H and O–H groups in total. The first-order valence-electron chi connectivity index (χ1n) is 9.15. The second kappa shape index (κ2) is 10.7. The maximum Gasteiger partial charge on any atom is 0.266 e. The van der Waals surface area contributed by atoms with Crippen LogP contribution in [0.4, 0.5) is 0 Å². The van der Waals surface area contributed by atoms with Crippen molar-refractivity contribution in [2.75, 3.05) is 13.7 Å². The third kappa shape index (κ3) is 6.54. The lowest BCUT2D eigenvalue weighted by molar-refractivity contribution is 0.0945. The third-order valence-corrected chi connectivity index (χ3v) is 5.32. The molecule has 0 aliphatic heterocycles. The first-order chi connectivity index (χ1) is 13.5. The van der Waals surface area contributed by atoms with E-state index in [2.05, 4.69) is 17.2 Å². The summed E-state index contributed by atoms with van der Waals surface area (Å²) in [6.45, 7) is 2.79.